The Balaban J connectivity index is 3.33. The maximum absolute atomic E-state index is 11.6. The fraction of sp³-hybridized carbons (Fsp3) is 0.556. The van der Waals surface area contributed by atoms with E-state index >= 15 is 0 Å². The van der Waals surface area contributed by atoms with Gasteiger partial charge in [0, 0.05) is 32.1 Å². The van der Waals surface area contributed by atoms with Gasteiger partial charge >= 0.3 is 0 Å². The zero-order valence-corrected chi connectivity index (χ0v) is 10.5. The number of rotatable bonds is 4. The van der Waals surface area contributed by atoms with Crippen LogP contribution in [0.15, 0.2) is 11.2 Å². The monoisotopic (exact) mass is 244 g/mol. The lowest BCUT2D eigenvalue weighted by atomic mass is 10.2. The molecule has 0 amide bonds. The Labute approximate surface area is 95.4 Å². The minimum Gasteiger partial charge on any atom is -0.347 e. The number of nitrogens with zero attached hydrogens (tertiary/aromatic N) is 3. The van der Waals surface area contributed by atoms with E-state index in [9.17, 15) is 8.42 Å². The Kier molecular flexibility index (Phi) is 3.82. The van der Waals surface area contributed by atoms with Gasteiger partial charge in [0.25, 0.3) is 0 Å². The summed E-state index contributed by atoms with van der Waals surface area (Å²) in [5.74, 6) is 0.376. The highest BCUT2D eigenvalue weighted by Crippen LogP contribution is 2.15. The predicted octanol–water partition coefficient (Wildman–Crippen LogP) is -0.553. The summed E-state index contributed by atoms with van der Waals surface area (Å²) in [7, 11) is 0.163. The summed E-state index contributed by atoms with van der Waals surface area (Å²) in [6, 6.07) is 0. The van der Waals surface area contributed by atoms with E-state index in [1.54, 1.807) is 19.0 Å². The summed E-state index contributed by atoms with van der Waals surface area (Å²) < 4.78 is 23.1. The van der Waals surface area contributed by atoms with E-state index in [4.69, 9.17) is 5.73 Å². The van der Waals surface area contributed by atoms with Gasteiger partial charge in [-0.25, -0.2) is 18.4 Å². The molecule has 90 valence electrons. The maximum atomic E-state index is 11.6. The molecule has 16 heavy (non-hydrogen) atoms. The van der Waals surface area contributed by atoms with Crippen molar-refractivity contribution in [3.8, 4) is 0 Å². The highest BCUT2D eigenvalue weighted by atomic mass is 32.2. The summed E-state index contributed by atoms with van der Waals surface area (Å²) in [5, 5.41) is 0.0663. The second-order valence-electron chi connectivity index (χ2n) is 3.71. The lowest BCUT2D eigenvalue weighted by molar-refractivity contribution is 0.595. The summed E-state index contributed by atoms with van der Waals surface area (Å²) in [5.41, 5.74) is 5.98. The Morgan fingerprint density at radius 3 is 2.50 bits per heavy atom. The van der Waals surface area contributed by atoms with E-state index in [0.717, 1.165) is 6.26 Å². The van der Waals surface area contributed by atoms with Crippen molar-refractivity contribution in [2.75, 3.05) is 31.8 Å². The molecule has 0 saturated carbocycles. The van der Waals surface area contributed by atoms with Crippen molar-refractivity contribution < 1.29 is 8.42 Å². The molecule has 1 heterocycles. The van der Waals surface area contributed by atoms with E-state index in [1.807, 2.05) is 0 Å². The molecular formula is C9H16N4O2S. The van der Waals surface area contributed by atoms with Crippen molar-refractivity contribution in [3.63, 3.8) is 0 Å². The third-order valence-corrected chi connectivity index (χ3v) is 3.03. The third-order valence-electron chi connectivity index (χ3n) is 1.98. The SMILES string of the molecule is CN(C)c1ncc(CCN)c(S(C)(=O)=O)n1. The normalized spacial score (nSPS) is 11.5. The van der Waals surface area contributed by atoms with Crippen LogP contribution in [0.5, 0.6) is 0 Å². The number of aromatic nitrogens is 2. The van der Waals surface area contributed by atoms with Gasteiger partial charge in [0.2, 0.25) is 5.95 Å². The smallest absolute Gasteiger partial charge is 0.226 e. The molecule has 0 aliphatic heterocycles. The molecule has 1 rings (SSSR count). The van der Waals surface area contributed by atoms with Crippen LogP contribution in [-0.2, 0) is 16.3 Å². The Morgan fingerprint density at radius 2 is 2.06 bits per heavy atom. The zero-order chi connectivity index (χ0) is 12.3. The molecule has 0 radical (unpaired) electrons. The predicted molar refractivity (Wildman–Crippen MR) is 62.2 cm³/mol. The highest BCUT2D eigenvalue weighted by Gasteiger charge is 2.17. The van der Waals surface area contributed by atoms with E-state index in [2.05, 4.69) is 9.97 Å². The molecule has 2 N–H and O–H groups in total. The van der Waals surface area contributed by atoms with Crippen molar-refractivity contribution >= 4 is 15.8 Å². The quantitative estimate of drug-likeness (QED) is 0.715. The molecule has 0 atom stereocenters. The van der Waals surface area contributed by atoms with Gasteiger partial charge in [-0.1, -0.05) is 0 Å². The minimum atomic E-state index is -3.35. The number of nitrogens with two attached hydrogens (primary N) is 1. The van der Waals surface area contributed by atoms with Crippen LogP contribution in [-0.4, -0.2) is 45.3 Å². The minimum absolute atomic E-state index is 0.0663. The molecule has 0 bridgehead atoms. The van der Waals surface area contributed by atoms with Crippen LogP contribution in [0, 0.1) is 0 Å². The van der Waals surface area contributed by atoms with Gasteiger partial charge < -0.3 is 10.6 Å². The molecule has 0 fully saturated rings. The van der Waals surface area contributed by atoms with Gasteiger partial charge in [-0.15, -0.1) is 0 Å². The molecule has 6 nitrogen and oxygen atoms in total. The lowest BCUT2D eigenvalue weighted by Gasteiger charge is -2.12. The summed E-state index contributed by atoms with van der Waals surface area (Å²) in [6.45, 7) is 0.368. The van der Waals surface area contributed by atoms with Crippen LogP contribution >= 0.6 is 0 Å². The maximum Gasteiger partial charge on any atom is 0.226 e. The Morgan fingerprint density at radius 1 is 1.44 bits per heavy atom. The first kappa shape index (κ1) is 12.9. The Hall–Kier alpha value is -1.21. The van der Waals surface area contributed by atoms with Crippen molar-refractivity contribution in [3.05, 3.63) is 11.8 Å². The van der Waals surface area contributed by atoms with Gasteiger partial charge in [0.1, 0.15) is 0 Å². The van der Waals surface area contributed by atoms with Crippen molar-refractivity contribution in [2.45, 2.75) is 11.4 Å². The molecule has 0 spiro atoms. The van der Waals surface area contributed by atoms with Crippen LogP contribution in [0.2, 0.25) is 0 Å². The second-order valence-corrected chi connectivity index (χ2v) is 5.64. The van der Waals surface area contributed by atoms with E-state index in [1.165, 1.54) is 6.20 Å². The average molecular weight is 244 g/mol. The van der Waals surface area contributed by atoms with Crippen molar-refractivity contribution in [2.24, 2.45) is 5.73 Å². The van der Waals surface area contributed by atoms with Crippen LogP contribution in [0.3, 0.4) is 0 Å². The number of hydrogen-bond acceptors (Lipinski definition) is 6. The van der Waals surface area contributed by atoms with E-state index < -0.39 is 9.84 Å². The molecule has 1 aromatic rings. The van der Waals surface area contributed by atoms with Crippen molar-refractivity contribution in [1.29, 1.82) is 0 Å². The molecular weight excluding hydrogens is 228 g/mol. The van der Waals surface area contributed by atoms with E-state index in [0.29, 0.717) is 24.5 Å². The highest BCUT2D eigenvalue weighted by molar-refractivity contribution is 7.90. The van der Waals surface area contributed by atoms with Gasteiger partial charge in [0.05, 0.1) is 0 Å². The third kappa shape index (κ3) is 2.89. The summed E-state index contributed by atoms with van der Waals surface area (Å²) in [4.78, 5) is 9.75. The van der Waals surface area contributed by atoms with Gasteiger partial charge in [-0.05, 0) is 13.0 Å². The molecule has 0 saturated heterocycles. The first-order valence-corrected chi connectivity index (χ1v) is 6.68. The second kappa shape index (κ2) is 4.75. The molecule has 0 aliphatic rings. The largest absolute Gasteiger partial charge is 0.347 e. The topological polar surface area (TPSA) is 89.2 Å². The first-order valence-electron chi connectivity index (χ1n) is 4.79. The number of anilines is 1. The summed E-state index contributed by atoms with van der Waals surface area (Å²) in [6.07, 6.45) is 3.11. The van der Waals surface area contributed by atoms with Crippen molar-refractivity contribution in [1.82, 2.24) is 9.97 Å². The van der Waals surface area contributed by atoms with E-state index in [-0.39, 0.29) is 5.03 Å². The molecule has 1 aromatic heterocycles. The van der Waals surface area contributed by atoms with Gasteiger partial charge in [0.15, 0.2) is 14.9 Å². The van der Waals surface area contributed by atoms with Crippen LogP contribution in [0.1, 0.15) is 5.56 Å². The fourth-order valence-corrected chi connectivity index (χ4v) is 2.12. The molecule has 0 unspecified atom stereocenters. The number of sulfone groups is 1. The zero-order valence-electron chi connectivity index (χ0n) is 9.64. The molecule has 0 aliphatic carbocycles. The number of hydrogen-bond donors (Lipinski definition) is 1. The Bertz CT molecular complexity index is 470. The fourth-order valence-electron chi connectivity index (χ4n) is 1.25. The van der Waals surface area contributed by atoms with Crippen LogP contribution in [0.4, 0.5) is 5.95 Å². The summed E-state index contributed by atoms with van der Waals surface area (Å²) >= 11 is 0. The average Bonchev–Trinajstić information content (AvgIpc) is 2.16. The first-order chi connectivity index (χ1) is 7.36. The molecule has 0 aromatic carbocycles. The van der Waals surface area contributed by atoms with Crippen LogP contribution < -0.4 is 10.6 Å². The van der Waals surface area contributed by atoms with Gasteiger partial charge in [-0.3, -0.25) is 0 Å². The van der Waals surface area contributed by atoms with Crippen LogP contribution in [0.25, 0.3) is 0 Å². The standard InChI is InChI=1S/C9H16N4O2S/c1-13(2)9-11-6-7(4-5-10)8(12-9)16(3,14)15/h6H,4-5,10H2,1-3H3. The lowest BCUT2D eigenvalue weighted by Crippen LogP contribution is -2.17. The molecule has 7 heteroatoms. The van der Waals surface area contributed by atoms with Gasteiger partial charge in [-0.2, -0.15) is 0 Å².